The van der Waals surface area contributed by atoms with Gasteiger partial charge in [-0.15, -0.1) is 0 Å². The molecule has 132 valence electrons. The lowest BCUT2D eigenvalue weighted by Gasteiger charge is -2.26. The first-order valence-corrected chi connectivity index (χ1v) is 8.98. The number of nitrogens with one attached hydrogen (secondary N) is 1. The molecule has 0 spiro atoms. The monoisotopic (exact) mass is 330 g/mol. The average Bonchev–Trinajstić information content (AvgIpc) is 2.60. The first kappa shape index (κ1) is 18.3. The van der Waals surface area contributed by atoms with E-state index in [9.17, 15) is 4.79 Å². The number of piperidine rings is 1. The summed E-state index contributed by atoms with van der Waals surface area (Å²) in [6.07, 6.45) is 4.53. The Bertz CT molecular complexity index is 545. The van der Waals surface area contributed by atoms with Crippen molar-refractivity contribution in [3.63, 3.8) is 0 Å². The number of amides is 1. The molecule has 1 aliphatic rings. The van der Waals surface area contributed by atoms with Crippen molar-refractivity contribution in [2.75, 3.05) is 19.6 Å². The lowest BCUT2D eigenvalue weighted by atomic mass is 10.1. The minimum Gasteiger partial charge on any atom is -0.370 e. The SMILES string of the molecule is CC(C)CCNC(N)=NCc1ccc(C(=O)N2CCCCC2)cc1. The highest BCUT2D eigenvalue weighted by Crippen LogP contribution is 2.14. The normalized spacial score (nSPS) is 15.6. The van der Waals surface area contributed by atoms with Gasteiger partial charge in [0.1, 0.15) is 0 Å². The van der Waals surface area contributed by atoms with Gasteiger partial charge in [-0.3, -0.25) is 4.79 Å². The van der Waals surface area contributed by atoms with Gasteiger partial charge >= 0.3 is 0 Å². The van der Waals surface area contributed by atoms with Crippen molar-refractivity contribution in [2.45, 2.75) is 46.1 Å². The maximum absolute atomic E-state index is 12.4. The van der Waals surface area contributed by atoms with Crippen molar-refractivity contribution in [1.29, 1.82) is 0 Å². The van der Waals surface area contributed by atoms with Gasteiger partial charge in [-0.2, -0.15) is 0 Å². The smallest absolute Gasteiger partial charge is 0.253 e. The molecule has 1 amide bonds. The second-order valence-corrected chi connectivity index (χ2v) is 6.86. The number of aliphatic imine (C=N–C) groups is 1. The number of carbonyl (C=O) groups excluding carboxylic acids is 1. The zero-order valence-electron chi connectivity index (χ0n) is 14.9. The Hall–Kier alpha value is -2.04. The third-order valence-corrected chi connectivity index (χ3v) is 4.30. The Balaban J connectivity index is 1.84. The van der Waals surface area contributed by atoms with E-state index in [2.05, 4.69) is 24.2 Å². The molecule has 0 radical (unpaired) electrons. The maximum atomic E-state index is 12.4. The van der Waals surface area contributed by atoms with Gasteiger partial charge < -0.3 is 16.0 Å². The highest BCUT2D eigenvalue weighted by Gasteiger charge is 2.17. The fourth-order valence-corrected chi connectivity index (χ4v) is 2.75. The van der Waals surface area contributed by atoms with E-state index in [-0.39, 0.29) is 5.91 Å². The van der Waals surface area contributed by atoms with Gasteiger partial charge in [-0.25, -0.2) is 4.99 Å². The second kappa shape index (κ2) is 9.30. The predicted octanol–water partition coefficient (Wildman–Crippen LogP) is 2.76. The molecular weight excluding hydrogens is 300 g/mol. The first-order chi connectivity index (χ1) is 11.6. The van der Waals surface area contributed by atoms with Crippen LogP contribution in [0.4, 0.5) is 0 Å². The summed E-state index contributed by atoms with van der Waals surface area (Å²) in [6, 6.07) is 7.71. The Morgan fingerprint density at radius 3 is 2.50 bits per heavy atom. The second-order valence-electron chi connectivity index (χ2n) is 6.86. The molecule has 1 aliphatic heterocycles. The number of carbonyl (C=O) groups is 1. The summed E-state index contributed by atoms with van der Waals surface area (Å²) in [6.45, 7) is 7.49. The van der Waals surface area contributed by atoms with Gasteiger partial charge in [0, 0.05) is 25.2 Å². The van der Waals surface area contributed by atoms with E-state index in [0.717, 1.165) is 50.0 Å². The standard InChI is InChI=1S/C19H30N4O/c1-15(2)10-11-21-19(20)22-14-16-6-8-17(9-7-16)18(24)23-12-4-3-5-13-23/h6-9,15H,3-5,10-14H2,1-2H3,(H3,20,21,22). The molecule has 5 heteroatoms. The third kappa shape index (κ3) is 5.87. The summed E-state index contributed by atoms with van der Waals surface area (Å²) in [5.74, 6) is 1.26. The third-order valence-electron chi connectivity index (χ3n) is 4.30. The van der Waals surface area contributed by atoms with E-state index in [0.29, 0.717) is 18.4 Å². The average molecular weight is 330 g/mol. The molecule has 0 aliphatic carbocycles. The van der Waals surface area contributed by atoms with Crippen molar-refractivity contribution < 1.29 is 4.79 Å². The molecular formula is C19H30N4O. The molecule has 0 aromatic heterocycles. The molecule has 5 nitrogen and oxygen atoms in total. The minimum absolute atomic E-state index is 0.139. The fourth-order valence-electron chi connectivity index (χ4n) is 2.75. The molecule has 1 aromatic carbocycles. The van der Waals surface area contributed by atoms with Crippen LogP contribution in [0, 0.1) is 5.92 Å². The van der Waals surface area contributed by atoms with Crippen molar-refractivity contribution in [2.24, 2.45) is 16.6 Å². The van der Waals surface area contributed by atoms with Gasteiger partial charge in [-0.1, -0.05) is 26.0 Å². The maximum Gasteiger partial charge on any atom is 0.253 e. The topological polar surface area (TPSA) is 70.7 Å². The van der Waals surface area contributed by atoms with Crippen LogP contribution in [0.3, 0.4) is 0 Å². The Morgan fingerprint density at radius 2 is 1.88 bits per heavy atom. The Labute approximate surface area is 145 Å². The Kier molecular flexibility index (Phi) is 7.09. The number of benzene rings is 1. The number of hydrogen-bond donors (Lipinski definition) is 2. The number of guanidine groups is 1. The molecule has 1 fully saturated rings. The van der Waals surface area contributed by atoms with Crippen LogP contribution in [0.15, 0.2) is 29.3 Å². The fraction of sp³-hybridized carbons (Fsp3) is 0.579. The molecule has 1 aromatic rings. The van der Waals surface area contributed by atoms with Gasteiger partial charge in [0.05, 0.1) is 6.54 Å². The first-order valence-electron chi connectivity index (χ1n) is 8.98. The summed E-state index contributed by atoms with van der Waals surface area (Å²) < 4.78 is 0. The number of nitrogens with zero attached hydrogens (tertiary/aromatic N) is 2. The predicted molar refractivity (Wildman–Crippen MR) is 99.0 cm³/mol. The van der Waals surface area contributed by atoms with Crippen LogP contribution in [0.25, 0.3) is 0 Å². The van der Waals surface area contributed by atoms with Crippen molar-refractivity contribution >= 4 is 11.9 Å². The number of rotatable bonds is 6. The minimum atomic E-state index is 0.139. The van der Waals surface area contributed by atoms with Crippen LogP contribution in [0.1, 0.15) is 55.5 Å². The summed E-state index contributed by atoms with van der Waals surface area (Å²) in [5, 5.41) is 3.12. The molecule has 0 saturated carbocycles. The quantitative estimate of drug-likeness (QED) is 0.622. The molecule has 24 heavy (non-hydrogen) atoms. The van der Waals surface area contributed by atoms with E-state index < -0.39 is 0 Å². The molecule has 1 heterocycles. The largest absolute Gasteiger partial charge is 0.370 e. The summed E-state index contributed by atoms with van der Waals surface area (Å²) >= 11 is 0. The van der Waals surface area contributed by atoms with Crippen LogP contribution < -0.4 is 11.1 Å². The van der Waals surface area contributed by atoms with E-state index in [1.807, 2.05) is 29.2 Å². The number of hydrogen-bond acceptors (Lipinski definition) is 2. The Morgan fingerprint density at radius 1 is 1.21 bits per heavy atom. The lowest BCUT2D eigenvalue weighted by molar-refractivity contribution is 0.0724. The van der Waals surface area contributed by atoms with Crippen LogP contribution in [0.5, 0.6) is 0 Å². The number of likely N-dealkylation sites (tertiary alicyclic amines) is 1. The van der Waals surface area contributed by atoms with E-state index in [4.69, 9.17) is 5.73 Å². The molecule has 0 bridgehead atoms. The van der Waals surface area contributed by atoms with Crippen LogP contribution >= 0.6 is 0 Å². The molecule has 2 rings (SSSR count). The van der Waals surface area contributed by atoms with Crippen molar-refractivity contribution in [3.8, 4) is 0 Å². The van der Waals surface area contributed by atoms with Crippen molar-refractivity contribution in [3.05, 3.63) is 35.4 Å². The van der Waals surface area contributed by atoms with Crippen molar-refractivity contribution in [1.82, 2.24) is 10.2 Å². The zero-order chi connectivity index (χ0) is 17.4. The molecule has 0 atom stereocenters. The number of nitrogens with two attached hydrogens (primary N) is 1. The van der Waals surface area contributed by atoms with Gasteiger partial charge in [0.25, 0.3) is 5.91 Å². The van der Waals surface area contributed by atoms with Gasteiger partial charge in [0.2, 0.25) is 0 Å². The van der Waals surface area contributed by atoms with Crippen LogP contribution in [-0.4, -0.2) is 36.4 Å². The molecule has 0 unspecified atom stereocenters. The van der Waals surface area contributed by atoms with E-state index >= 15 is 0 Å². The van der Waals surface area contributed by atoms with E-state index in [1.54, 1.807) is 0 Å². The highest BCUT2D eigenvalue weighted by atomic mass is 16.2. The van der Waals surface area contributed by atoms with Crippen LogP contribution in [0.2, 0.25) is 0 Å². The van der Waals surface area contributed by atoms with Crippen LogP contribution in [-0.2, 0) is 6.54 Å². The molecule has 3 N–H and O–H groups in total. The van der Waals surface area contributed by atoms with E-state index in [1.165, 1.54) is 6.42 Å². The highest BCUT2D eigenvalue weighted by molar-refractivity contribution is 5.94. The summed E-state index contributed by atoms with van der Waals surface area (Å²) in [7, 11) is 0. The van der Waals surface area contributed by atoms with Gasteiger partial charge in [0.15, 0.2) is 5.96 Å². The zero-order valence-corrected chi connectivity index (χ0v) is 14.9. The summed E-state index contributed by atoms with van der Waals surface area (Å²) in [5.41, 5.74) is 7.67. The lowest BCUT2D eigenvalue weighted by Crippen LogP contribution is -2.35. The molecule has 1 saturated heterocycles. The van der Waals surface area contributed by atoms with Gasteiger partial charge in [-0.05, 0) is 49.3 Å². The summed E-state index contributed by atoms with van der Waals surface area (Å²) in [4.78, 5) is 18.7.